The Hall–Kier alpha value is -2.27. The zero-order valence-electron chi connectivity index (χ0n) is 16.7. The molecule has 0 heterocycles. The van der Waals surface area contributed by atoms with Gasteiger partial charge in [-0.15, -0.1) is 0 Å². The third-order valence-corrected chi connectivity index (χ3v) is 5.21. The summed E-state index contributed by atoms with van der Waals surface area (Å²) in [6.07, 6.45) is 0. The van der Waals surface area contributed by atoms with Gasteiger partial charge < -0.3 is 19.5 Å². The molecule has 4 nitrogen and oxygen atoms in total. The Balaban J connectivity index is 1.73. The SMILES string of the molecule is CCOc1cc(CNc2ccc(OC)cc2)cc(Cl)c1OCc1ccc(Cl)cc1Cl. The summed E-state index contributed by atoms with van der Waals surface area (Å²) in [5.41, 5.74) is 2.75. The van der Waals surface area contributed by atoms with Crippen molar-refractivity contribution in [2.24, 2.45) is 0 Å². The van der Waals surface area contributed by atoms with Gasteiger partial charge in [0.25, 0.3) is 0 Å². The molecule has 158 valence electrons. The van der Waals surface area contributed by atoms with Crippen molar-refractivity contribution >= 4 is 40.5 Å². The van der Waals surface area contributed by atoms with E-state index in [0.29, 0.717) is 39.7 Å². The van der Waals surface area contributed by atoms with Crippen LogP contribution in [0.4, 0.5) is 5.69 Å². The molecule has 0 spiro atoms. The summed E-state index contributed by atoms with van der Waals surface area (Å²) >= 11 is 18.7. The summed E-state index contributed by atoms with van der Waals surface area (Å²) in [4.78, 5) is 0. The van der Waals surface area contributed by atoms with E-state index in [1.54, 1.807) is 19.2 Å². The van der Waals surface area contributed by atoms with Gasteiger partial charge in [0.1, 0.15) is 12.4 Å². The largest absolute Gasteiger partial charge is 0.497 e. The van der Waals surface area contributed by atoms with Crippen LogP contribution in [0.5, 0.6) is 17.2 Å². The van der Waals surface area contributed by atoms with E-state index in [0.717, 1.165) is 22.6 Å². The van der Waals surface area contributed by atoms with Crippen molar-refractivity contribution in [3.63, 3.8) is 0 Å². The molecule has 0 saturated carbocycles. The third-order valence-electron chi connectivity index (χ3n) is 4.34. The summed E-state index contributed by atoms with van der Waals surface area (Å²) in [7, 11) is 1.64. The van der Waals surface area contributed by atoms with E-state index < -0.39 is 0 Å². The molecule has 0 bridgehead atoms. The van der Waals surface area contributed by atoms with Gasteiger partial charge in [-0.05, 0) is 61.0 Å². The van der Waals surface area contributed by atoms with Crippen LogP contribution in [0, 0.1) is 0 Å². The highest BCUT2D eigenvalue weighted by Crippen LogP contribution is 2.38. The van der Waals surface area contributed by atoms with Crippen molar-refractivity contribution in [3.05, 3.63) is 80.8 Å². The second-order valence-electron chi connectivity index (χ2n) is 6.44. The third kappa shape index (κ3) is 5.88. The van der Waals surface area contributed by atoms with E-state index in [9.17, 15) is 0 Å². The molecule has 30 heavy (non-hydrogen) atoms. The van der Waals surface area contributed by atoms with E-state index >= 15 is 0 Å². The topological polar surface area (TPSA) is 39.7 Å². The molecule has 7 heteroatoms. The highest BCUT2D eigenvalue weighted by atomic mass is 35.5. The van der Waals surface area contributed by atoms with Crippen LogP contribution in [0.3, 0.4) is 0 Å². The molecule has 0 fully saturated rings. The summed E-state index contributed by atoms with van der Waals surface area (Å²) in [5, 5.41) is 4.94. The molecule has 0 aromatic heterocycles. The van der Waals surface area contributed by atoms with Crippen LogP contribution in [0.1, 0.15) is 18.1 Å². The number of hydrogen-bond acceptors (Lipinski definition) is 4. The van der Waals surface area contributed by atoms with Gasteiger partial charge in [0.05, 0.1) is 18.7 Å². The highest BCUT2D eigenvalue weighted by molar-refractivity contribution is 6.35. The van der Waals surface area contributed by atoms with Gasteiger partial charge in [0, 0.05) is 27.8 Å². The lowest BCUT2D eigenvalue weighted by Gasteiger charge is -2.16. The van der Waals surface area contributed by atoms with Gasteiger partial charge in [-0.25, -0.2) is 0 Å². The monoisotopic (exact) mass is 465 g/mol. The van der Waals surface area contributed by atoms with Crippen LogP contribution in [-0.2, 0) is 13.2 Å². The maximum absolute atomic E-state index is 6.52. The van der Waals surface area contributed by atoms with Gasteiger partial charge >= 0.3 is 0 Å². The lowest BCUT2D eigenvalue weighted by Crippen LogP contribution is -2.04. The normalized spacial score (nSPS) is 10.6. The Kier molecular flexibility index (Phi) is 7.97. The van der Waals surface area contributed by atoms with Crippen molar-refractivity contribution in [2.45, 2.75) is 20.1 Å². The van der Waals surface area contributed by atoms with Gasteiger partial charge in [0.2, 0.25) is 0 Å². The summed E-state index contributed by atoms with van der Waals surface area (Å²) in [6, 6.07) is 16.8. The predicted octanol–water partition coefficient (Wildman–Crippen LogP) is 7.25. The van der Waals surface area contributed by atoms with Gasteiger partial charge in [-0.2, -0.15) is 0 Å². The highest BCUT2D eigenvalue weighted by Gasteiger charge is 2.14. The standard InChI is InChI=1S/C23H22Cl3NO3/c1-3-29-22-11-15(13-27-18-6-8-19(28-2)9-7-18)10-21(26)23(22)30-14-16-4-5-17(24)12-20(16)25/h4-12,27H,3,13-14H2,1-2H3. The van der Waals surface area contributed by atoms with Crippen LogP contribution in [0.15, 0.2) is 54.6 Å². The second-order valence-corrected chi connectivity index (χ2v) is 7.70. The van der Waals surface area contributed by atoms with E-state index in [1.807, 2.05) is 49.4 Å². The lowest BCUT2D eigenvalue weighted by molar-refractivity contribution is 0.269. The first-order valence-corrected chi connectivity index (χ1v) is 10.5. The zero-order chi connectivity index (χ0) is 21.5. The Bertz CT molecular complexity index is 994. The fourth-order valence-electron chi connectivity index (χ4n) is 2.83. The van der Waals surface area contributed by atoms with Crippen molar-refractivity contribution < 1.29 is 14.2 Å². The van der Waals surface area contributed by atoms with E-state index in [2.05, 4.69) is 5.32 Å². The van der Waals surface area contributed by atoms with Crippen LogP contribution in [-0.4, -0.2) is 13.7 Å². The molecule has 0 amide bonds. The van der Waals surface area contributed by atoms with Gasteiger partial charge in [-0.3, -0.25) is 0 Å². The summed E-state index contributed by atoms with van der Waals surface area (Å²) in [5.74, 6) is 1.88. The first-order valence-electron chi connectivity index (χ1n) is 9.40. The van der Waals surface area contributed by atoms with Crippen molar-refractivity contribution in [1.29, 1.82) is 0 Å². The first kappa shape index (κ1) is 22.4. The van der Waals surface area contributed by atoms with Crippen LogP contribution in [0.25, 0.3) is 0 Å². The maximum atomic E-state index is 6.52. The van der Waals surface area contributed by atoms with E-state index in [-0.39, 0.29) is 6.61 Å². The quantitative estimate of drug-likeness (QED) is 0.360. The molecule has 0 saturated heterocycles. The number of nitrogens with one attached hydrogen (secondary N) is 1. The first-order chi connectivity index (χ1) is 14.5. The molecule has 1 N–H and O–H groups in total. The predicted molar refractivity (Wildman–Crippen MR) is 124 cm³/mol. The Morgan fingerprint density at radius 3 is 2.30 bits per heavy atom. The Morgan fingerprint density at radius 1 is 0.867 bits per heavy atom. The van der Waals surface area contributed by atoms with Crippen molar-refractivity contribution in [1.82, 2.24) is 0 Å². The molecule has 0 aliphatic heterocycles. The fourth-order valence-corrected chi connectivity index (χ4v) is 3.58. The van der Waals surface area contributed by atoms with E-state index in [1.165, 1.54) is 0 Å². The van der Waals surface area contributed by atoms with Crippen molar-refractivity contribution in [3.8, 4) is 17.2 Å². The number of rotatable bonds is 9. The second kappa shape index (κ2) is 10.7. The molecule has 3 aromatic carbocycles. The van der Waals surface area contributed by atoms with Gasteiger partial charge in [0.15, 0.2) is 11.5 Å². The molecule has 0 radical (unpaired) electrons. The zero-order valence-corrected chi connectivity index (χ0v) is 18.9. The van der Waals surface area contributed by atoms with Crippen LogP contribution < -0.4 is 19.5 Å². The number of ether oxygens (including phenoxy) is 3. The molecule has 0 aliphatic carbocycles. The van der Waals surface area contributed by atoms with Crippen LogP contribution in [0.2, 0.25) is 15.1 Å². The molecule has 0 aliphatic rings. The minimum absolute atomic E-state index is 0.249. The minimum Gasteiger partial charge on any atom is -0.497 e. The molecular weight excluding hydrogens is 445 g/mol. The Morgan fingerprint density at radius 2 is 1.63 bits per heavy atom. The molecule has 0 atom stereocenters. The summed E-state index contributed by atoms with van der Waals surface area (Å²) in [6.45, 7) is 3.23. The lowest BCUT2D eigenvalue weighted by atomic mass is 10.2. The Labute approximate surface area is 191 Å². The molecule has 3 aromatic rings. The minimum atomic E-state index is 0.249. The van der Waals surface area contributed by atoms with Gasteiger partial charge in [-0.1, -0.05) is 40.9 Å². The number of hydrogen-bond donors (Lipinski definition) is 1. The maximum Gasteiger partial charge on any atom is 0.180 e. The smallest absolute Gasteiger partial charge is 0.180 e. The number of halogens is 3. The van der Waals surface area contributed by atoms with Crippen molar-refractivity contribution in [2.75, 3.05) is 19.0 Å². The van der Waals surface area contributed by atoms with Crippen LogP contribution >= 0.6 is 34.8 Å². The summed E-state index contributed by atoms with van der Waals surface area (Å²) < 4.78 is 16.9. The van der Waals surface area contributed by atoms with E-state index in [4.69, 9.17) is 49.0 Å². The fraction of sp³-hybridized carbons (Fsp3) is 0.217. The number of anilines is 1. The average molecular weight is 467 g/mol. The molecule has 3 rings (SSSR count). The average Bonchev–Trinajstić information content (AvgIpc) is 2.73. The number of methoxy groups -OCH3 is 1. The molecular formula is C23H22Cl3NO3. The molecule has 0 unspecified atom stereocenters. The number of benzene rings is 3.